The number of methoxy groups -OCH3 is 1. The second kappa shape index (κ2) is 9.32. The minimum atomic E-state index is -0.428. The van der Waals surface area contributed by atoms with Crippen LogP contribution in [0.2, 0.25) is 0 Å². The van der Waals surface area contributed by atoms with E-state index in [2.05, 4.69) is 37.1 Å². The molecule has 4 nitrogen and oxygen atoms in total. The molecular weight excluding hydrogens is 391 g/mol. The van der Waals surface area contributed by atoms with Gasteiger partial charge >= 0.3 is 0 Å². The predicted octanol–water partition coefficient (Wildman–Crippen LogP) is 5.59. The maximum Gasteiger partial charge on any atom is 0.230 e. The van der Waals surface area contributed by atoms with Crippen molar-refractivity contribution in [1.29, 1.82) is 0 Å². The summed E-state index contributed by atoms with van der Waals surface area (Å²) in [5, 5.41) is 6.28. The van der Waals surface area contributed by atoms with Crippen molar-refractivity contribution in [2.45, 2.75) is 59.8 Å². The predicted molar refractivity (Wildman–Crippen MR) is 122 cm³/mol. The van der Waals surface area contributed by atoms with Gasteiger partial charge < -0.3 is 15.4 Å². The number of halogens is 1. The summed E-state index contributed by atoms with van der Waals surface area (Å²) in [6, 6.07) is 0. The summed E-state index contributed by atoms with van der Waals surface area (Å²) >= 11 is 0. The van der Waals surface area contributed by atoms with Crippen LogP contribution in [-0.4, -0.2) is 19.6 Å². The first-order chi connectivity index (χ1) is 14.6. The molecule has 31 heavy (non-hydrogen) atoms. The lowest BCUT2D eigenvalue weighted by atomic mass is 9.82. The van der Waals surface area contributed by atoms with Crippen LogP contribution >= 0.6 is 0 Å². The summed E-state index contributed by atoms with van der Waals surface area (Å²) in [7, 11) is 1.62. The van der Waals surface area contributed by atoms with Crippen molar-refractivity contribution in [3.05, 3.63) is 64.7 Å². The zero-order valence-electron chi connectivity index (χ0n) is 19.4. The summed E-state index contributed by atoms with van der Waals surface area (Å²) in [5.41, 5.74) is 4.89. The molecule has 168 valence electrons. The molecular formula is C26H35FN2O2. The van der Waals surface area contributed by atoms with Gasteiger partial charge in [-0.05, 0) is 67.7 Å². The Balaban J connectivity index is 1.73. The number of carbonyl (C=O) groups is 1. The molecule has 1 unspecified atom stereocenters. The number of ether oxygens (including phenoxy) is 1. The van der Waals surface area contributed by atoms with E-state index in [9.17, 15) is 4.79 Å². The minimum Gasteiger partial charge on any atom is -0.489 e. The van der Waals surface area contributed by atoms with E-state index < -0.39 is 5.41 Å². The van der Waals surface area contributed by atoms with Crippen molar-refractivity contribution in [3.63, 3.8) is 0 Å². The van der Waals surface area contributed by atoms with Gasteiger partial charge in [0, 0.05) is 18.7 Å². The van der Waals surface area contributed by atoms with E-state index in [1.54, 1.807) is 7.11 Å². The Bertz CT molecular complexity index is 904. The van der Waals surface area contributed by atoms with Crippen molar-refractivity contribution < 1.29 is 13.9 Å². The molecule has 0 aliphatic heterocycles. The van der Waals surface area contributed by atoms with Crippen LogP contribution in [0.3, 0.4) is 0 Å². The fraction of sp³-hybridized carbons (Fsp3) is 0.538. The highest BCUT2D eigenvalue weighted by molar-refractivity contribution is 5.87. The summed E-state index contributed by atoms with van der Waals surface area (Å²) in [5.74, 6) is 0.439. The van der Waals surface area contributed by atoms with Crippen molar-refractivity contribution in [2.24, 2.45) is 16.7 Å². The Hall–Kier alpha value is -2.52. The number of carbonyl (C=O) groups excluding carboxylic acids is 1. The topological polar surface area (TPSA) is 50.4 Å². The van der Waals surface area contributed by atoms with Gasteiger partial charge in [0.1, 0.15) is 5.83 Å². The standard InChI is InChI=1S/C26H35FN2O2/c1-18-12-13-22(21(27)16-23(18)28-17-25(2,3)4)29-24(30)26(14-15-26)19-8-6-10-20(31-5)11-7-9-19/h6-7,10,12,16,19,28H,8-9,13-15,17H2,1-5H3,(H,29,30). The van der Waals surface area contributed by atoms with Gasteiger partial charge in [0.15, 0.2) is 5.76 Å². The second-order valence-corrected chi connectivity index (χ2v) is 9.99. The first-order valence-electron chi connectivity index (χ1n) is 11.1. The molecule has 0 bridgehead atoms. The molecule has 0 saturated heterocycles. The monoisotopic (exact) mass is 426 g/mol. The molecule has 1 amide bonds. The van der Waals surface area contributed by atoms with Crippen LogP contribution in [0.1, 0.15) is 59.8 Å². The SMILES string of the molecule is COC1=C=CCC(C2(C(=O)NC3=C(F)C=C(NCC(C)(C)C)C(C)=CC3)CC2)CC=C1. The molecule has 1 atom stereocenters. The van der Waals surface area contributed by atoms with E-state index in [-0.39, 0.29) is 23.1 Å². The molecule has 3 aliphatic rings. The molecule has 3 aliphatic carbocycles. The molecule has 0 aromatic carbocycles. The minimum absolute atomic E-state index is 0.0634. The van der Waals surface area contributed by atoms with Crippen LogP contribution in [0.15, 0.2) is 64.7 Å². The summed E-state index contributed by atoms with van der Waals surface area (Å²) in [4.78, 5) is 13.2. The fourth-order valence-electron chi connectivity index (χ4n) is 4.03. The van der Waals surface area contributed by atoms with Gasteiger partial charge in [-0.1, -0.05) is 38.7 Å². The third-order valence-electron chi connectivity index (χ3n) is 6.25. The Labute approximate surface area is 185 Å². The Morgan fingerprint density at radius 2 is 2.06 bits per heavy atom. The maximum absolute atomic E-state index is 15.0. The number of hydrogen-bond donors (Lipinski definition) is 2. The second-order valence-electron chi connectivity index (χ2n) is 9.99. The van der Waals surface area contributed by atoms with E-state index in [0.717, 1.165) is 43.5 Å². The number of amides is 1. The van der Waals surface area contributed by atoms with Crippen LogP contribution in [0.4, 0.5) is 4.39 Å². The van der Waals surface area contributed by atoms with Crippen molar-refractivity contribution >= 4 is 5.91 Å². The Kier molecular flexibility index (Phi) is 6.96. The highest BCUT2D eigenvalue weighted by Crippen LogP contribution is 2.55. The third kappa shape index (κ3) is 5.80. The van der Waals surface area contributed by atoms with Gasteiger partial charge in [0.05, 0.1) is 18.2 Å². The van der Waals surface area contributed by atoms with Gasteiger partial charge in [-0.2, -0.15) is 0 Å². The van der Waals surface area contributed by atoms with Gasteiger partial charge in [0.25, 0.3) is 0 Å². The summed E-state index contributed by atoms with van der Waals surface area (Å²) < 4.78 is 20.3. The van der Waals surface area contributed by atoms with E-state index in [4.69, 9.17) is 4.74 Å². The number of hydrogen-bond acceptors (Lipinski definition) is 3. The molecule has 2 N–H and O–H groups in total. The normalized spacial score (nSPS) is 23.0. The average Bonchev–Trinajstić information content (AvgIpc) is 3.49. The lowest BCUT2D eigenvalue weighted by Gasteiger charge is -2.25. The Morgan fingerprint density at radius 1 is 1.32 bits per heavy atom. The van der Waals surface area contributed by atoms with Crippen LogP contribution in [0.25, 0.3) is 0 Å². The van der Waals surface area contributed by atoms with Crippen LogP contribution in [-0.2, 0) is 9.53 Å². The maximum atomic E-state index is 15.0. The number of allylic oxidation sites excluding steroid dienone is 6. The van der Waals surface area contributed by atoms with Crippen molar-refractivity contribution in [2.75, 3.05) is 13.7 Å². The van der Waals surface area contributed by atoms with Gasteiger partial charge in [0.2, 0.25) is 5.91 Å². The van der Waals surface area contributed by atoms with Gasteiger partial charge in [-0.15, -0.1) is 0 Å². The quantitative estimate of drug-likeness (QED) is 0.545. The molecule has 0 aromatic rings. The first kappa shape index (κ1) is 23.1. The van der Waals surface area contributed by atoms with Crippen LogP contribution in [0, 0.1) is 16.7 Å². The highest BCUT2D eigenvalue weighted by atomic mass is 19.1. The molecule has 0 radical (unpaired) electrons. The molecule has 3 rings (SSSR count). The van der Waals surface area contributed by atoms with Crippen LogP contribution < -0.4 is 10.6 Å². The van der Waals surface area contributed by atoms with E-state index in [0.29, 0.717) is 17.9 Å². The largest absolute Gasteiger partial charge is 0.489 e. The lowest BCUT2D eigenvalue weighted by molar-refractivity contribution is -0.127. The molecule has 0 aromatic heterocycles. The fourth-order valence-corrected chi connectivity index (χ4v) is 4.03. The molecule has 0 spiro atoms. The number of rotatable bonds is 6. The average molecular weight is 427 g/mol. The molecule has 1 fully saturated rings. The summed E-state index contributed by atoms with van der Waals surface area (Å²) in [6.07, 6.45) is 13.0. The molecule has 1 saturated carbocycles. The molecule has 5 heteroatoms. The van der Waals surface area contributed by atoms with Gasteiger partial charge in [-0.25, -0.2) is 4.39 Å². The summed E-state index contributed by atoms with van der Waals surface area (Å²) in [6.45, 7) is 9.11. The smallest absolute Gasteiger partial charge is 0.230 e. The molecule has 0 heterocycles. The first-order valence-corrected chi connectivity index (χ1v) is 11.1. The van der Waals surface area contributed by atoms with Crippen LogP contribution in [0.5, 0.6) is 0 Å². The number of nitrogens with one attached hydrogen (secondary N) is 2. The van der Waals surface area contributed by atoms with Crippen molar-refractivity contribution in [1.82, 2.24) is 10.6 Å². The zero-order valence-corrected chi connectivity index (χ0v) is 19.4. The van der Waals surface area contributed by atoms with Crippen molar-refractivity contribution in [3.8, 4) is 0 Å². The third-order valence-corrected chi connectivity index (χ3v) is 6.25. The Morgan fingerprint density at radius 3 is 2.71 bits per heavy atom. The zero-order chi connectivity index (χ0) is 22.6. The highest BCUT2D eigenvalue weighted by Gasteiger charge is 2.54. The van der Waals surface area contributed by atoms with E-state index >= 15 is 4.39 Å². The van der Waals surface area contributed by atoms with E-state index in [1.165, 1.54) is 6.08 Å². The van der Waals surface area contributed by atoms with E-state index in [1.807, 2.05) is 31.2 Å². The lowest BCUT2D eigenvalue weighted by Crippen LogP contribution is -2.36. The van der Waals surface area contributed by atoms with Gasteiger partial charge in [-0.3, -0.25) is 4.79 Å².